The van der Waals surface area contributed by atoms with E-state index in [1.807, 2.05) is 60.6 Å². The molecule has 3 aromatic heterocycles. The fourth-order valence-corrected chi connectivity index (χ4v) is 3.19. The number of anilines is 2. The van der Waals surface area contributed by atoms with E-state index in [1.54, 1.807) is 0 Å². The first-order chi connectivity index (χ1) is 13.0. The molecular formula is C20H21N7. The van der Waals surface area contributed by atoms with Gasteiger partial charge in [-0.2, -0.15) is 10.2 Å². The van der Waals surface area contributed by atoms with Crippen LogP contribution in [-0.4, -0.2) is 29.5 Å². The number of hydrogen-bond donors (Lipinski definition) is 1. The predicted molar refractivity (Wildman–Crippen MR) is 105 cm³/mol. The van der Waals surface area contributed by atoms with Gasteiger partial charge in [0.15, 0.2) is 5.82 Å². The maximum Gasteiger partial charge on any atom is 0.159 e. The van der Waals surface area contributed by atoms with E-state index in [1.165, 1.54) is 6.33 Å². The second-order valence-corrected chi connectivity index (χ2v) is 6.54. The largest absolute Gasteiger partial charge is 0.325 e. The molecule has 3 heterocycles. The van der Waals surface area contributed by atoms with Crippen LogP contribution in [0.4, 0.5) is 11.6 Å². The summed E-state index contributed by atoms with van der Waals surface area (Å²) < 4.78 is 3.65. The topological polar surface area (TPSA) is 73.5 Å². The maximum absolute atomic E-state index is 4.67. The highest BCUT2D eigenvalue weighted by atomic mass is 15.3. The highest BCUT2D eigenvalue weighted by Crippen LogP contribution is 2.29. The van der Waals surface area contributed by atoms with Gasteiger partial charge in [-0.05, 0) is 26.8 Å². The minimum atomic E-state index is 0.693. The van der Waals surface area contributed by atoms with Gasteiger partial charge in [0.2, 0.25) is 0 Å². The maximum atomic E-state index is 4.67. The molecule has 0 bridgehead atoms. The molecule has 0 spiro atoms. The monoisotopic (exact) mass is 359 g/mol. The summed E-state index contributed by atoms with van der Waals surface area (Å²) in [6.45, 7) is 6.03. The van der Waals surface area contributed by atoms with Crippen LogP contribution in [0.25, 0.3) is 17.1 Å². The van der Waals surface area contributed by atoms with Crippen molar-refractivity contribution in [1.82, 2.24) is 29.5 Å². The van der Waals surface area contributed by atoms with Gasteiger partial charge in [0, 0.05) is 29.9 Å². The fraction of sp³-hybridized carbons (Fsp3) is 0.200. The van der Waals surface area contributed by atoms with Gasteiger partial charge in [-0.1, -0.05) is 30.3 Å². The van der Waals surface area contributed by atoms with Crippen molar-refractivity contribution in [2.45, 2.75) is 20.8 Å². The minimum Gasteiger partial charge on any atom is -0.325 e. The molecule has 1 N–H and O–H groups in total. The Bertz CT molecular complexity index is 1090. The number of rotatable bonds is 4. The van der Waals surface area contributed by atoms with Crippen LogP contribution in [-0.2, 0) is 7.05 Å². The van der Waals surface area contributed by atoms with E-state index in [-0.39, 0.29) is 0 Å². The lowest BCUT2D eigenvalue weighted by Crippen LogP contribution is -2.06. The smallest absolute Gasteiger partial charge is 0.159 e. The molecule has 0 amide bonds. The van der Waals surface area contributed by atoms with Gasteiger partial charge in [-0.3, -0.25) is 4.68 Å². The van der Waals surface area contributed by atoms with Crippen molar-refractivity contribution in [3.8, 4) is 17.1 Å². The Morgan fingerprint density at radius 2 is 1.70 bits per heavy atom. The summed E-state index contributed by atoms with van der Waals surface area (Å²) in [6, 6.07) is 14.1. The molecule has 4 rings (SSSR count). The lowest BCUT2D eigenvalue weighted by molar-refractivity contribution is 0.777. The summed E-state index contributed by atoms with van der Waals surface area (Å²) in [7, 11) is 1.92. The molecule has 0 aliphatic carbocycles. The zero-order chi connectivity index (χ0) is 19.0. The van der Waals surface area contributed by atoms with Gasteiger partial charge in [-0.25, -0.2) is 14.6 Å². The number of nitrogens with zero attached hydrogens (tertiary/aromatic N) is 6. The molecule has 0 fully saturated rings. The average molecular weight is 359 g/mol. The van der Waals surface area contributed by atoms with Crippen molar-refractivity contribution >= 4 is 11.6 Å². The molecule has 0 saturated heterocycles. The third-order valence-electron chi connectivity index (χ3n) is 4.46. The molecule has 0 aliphatic rings. The van der Waals surface area contributed by atoms with Crippen LogP contribution in [0.3, 0.4) is 0 Å². The van der Waals surface area contributed by atoms with Crippen molar-refractivity contribution < 1.29 is 0 Å². The molecule has 0 saturated carbocycles. The SMILES string of the molecule is Cc1cc(C)n(-c2cc(Nc3c(C)c(-c4ccccc4)nn3C)ncn2)n1. The third kappa shape index (κ3) is 3.19. The van der Waals surface area contributed by atoms with Crippen LogP contribution < -0.4 is 5.32 Å². The van der Waals surface area contributed by atoms with Gasteiger partial charge in [0.05, 0.1) is 11.4 Å². The Balaban J connectivity index is 1.68. The standard InChI is InChI=1S/C20H21N7/c1-13-10-14(2)27(24-13)18-11-17(21-12-22-18)23-20-15(3)19(25-26(20)4)16-8-6-5-7-9-16/h5-12H,1-4H3,(H,21,22,23). The third-order valence-corrected chi connectivity index (χ3v) is 4.46. The van der Waals surface area contributed by atoms with E-state index in [4.69, 9.17) is 0 Å². The van der Waals surface area contributed by atoms with Crippen molar-refractivity contribution in [3.05, 3.63) is 65.7 Å². The summed E-state index contributed by atoms with van der Waals surface area (Å²) >= 11 is 0. The first kappa shape index (κ1) is 17.0. The van der Waals surface area contributed by atoms with E-state index < -0.39 is 0 Å². The zero-order valence-corrected chi connectivity index (χ0v) is 15.8. The van der Waals surface area contributed by atoms with Crippen LogP contribution in [0.1, 0.15) is 17.0 Å². The Morgan fingerprint density at radius 1 is 0.926 bits per heavy atom. The molecule has 4 aromatic rings. The molecule has 7 heteroatoms. The average Bonchev–Trinajstić information content (AvgIpc) is 3.15. The summed E-state index contributed by atoms with van der Waals surface area (Å²) in [5.74, 6) is 2.31. The second kappa shape index (κ2) is 6.68. The highest BCUT2D eigenvalue weighted by molar-refractivity contribution is 5.71. The number of aromatic nitrogens is 6. The van der Waals surface area contributed by atoms with Gasteiger partial charge >= 0.3 is 0 Å². The molecule has 7 nitrogen and oxygen atoms in total. The van der Waals surface area contributed by atoms with Gasteiger partial charge < -0.3 is 5.32 Å². The van der Waals surface area contributed by atoms with Crippen LogP contribution in [0.15, 0.2) is 48.8 Å². The molecule has 0 aliphatic heterocycles. The predicted octanol–water partition coefficient (Wildman–Crippen LogP) is 3.73. The first-order valence-corrected chi connectivity index (χ1v) is 8.74. The van der Waals surface area contributed by atoms with Crippen LogP contribution in [0.2, 0.25) is 0 Å². The molecule has 136 valence electrons. The lowest BCUT2D eigenvalue weighted by atomic mass is 10.1. The van der Waals surface area contributed by atoms with E-state index >= 15 is 0 Å². The van der Waals surface area contributed by atoms with Gasteiger partial charge in [-0.15, -0.1) is 0 Å². The summed E-state index contributed by atoms with van der Waals surface area (Å²) in [5.41, 5.74) is 5.09. The lowest BCUT2D eigenvalue weighted by Gasteiger charge is -2.09. The number of nitrogens with one attached hydrogen (secondary N) is 1. The Kier molecular flexibility index (Phi) is 4.19. The summed E-state index contributed by atoms with van der Waals surface area (Å²) in [4.78, 5) is 8.71. The Labute approximate surface area is 157 Å². The second-order valence-electron chi connectivity index (χ2n) is 6.54. The van der Waals surface area contributed by atoms with Crippen LogP contribution >= 0.6 is 0 Å². The fourth-order valence-electron chi connectivity index (χ4n) is 3.19. The van der Waals surface area contributed by atoms with Gasteiger partial charge in [0.25, 0.3) is 0 Å². The van der Waals surface area contributed by atoms with Crippen LogP contribution in [0, 0.1) is 20.8 Å². The zero-order valence-electron chi connectivity index (χ0n) is 15.8. The molecule has 1 aromatic carbocycles. The Hall–Kier alpha value is -3.48. The van der Waals surface area contributed by atoms with Crippen molar-refractivity contribution in [2.75, 3.05) is 5.32 Å². The highest BCUT2D eigenvalue weighted by Gasteiger charge is 2.15. The molecule has 0 atom stereocenters. The number of aryl methyl sites for hydroxylation is 3. The van der Waals surface area contributed by atoms with Crippen molar-refractivity contribution in [2.24, 2.45) is 7.05 Å². The van der Waals surface area contributed by atoms with Crippen molar-refractivity contribution in [3.63, 3.8) is 0 Å². The Morgan fingerprint density at radius 3 is 2.41 bits per heavy atom. The van der Waals surface area contributed by atoms with E-state index in [2.05, 4.69) is 44.5 Å². The summed E-state index contributed by atoms with van der Waals surface area (Å²) in [5, 5.41) is 12.5. The first-order valence-electron chi connectivity index (χ1n) is 8.74. The van der Waals surface area contributed by atoms with E-state index in [0.717, 1.165) is 39.8 Å². The van der Waals surface area contributed by atoms with E-state index in [9.17, 15) is 0 Å². The normalized spacial score (nSPS) is 11.0. The minimum absolute atomic E-state index is 0.693. The molecular weight excluding hydrogens is 338 g/mol. The number of benzene rings is 1. The molecule has 27 heavy (non-hydrogen) atoms. The van der Waals surface area contributed by atoms with Crippen LogP contribution in [0.5, 0.6) is 0 Å². The molecule has 0 radical (unpaired) electrons. The van der Waals surface area contributed by atoms with Gasteiger partial charge in [0.1, 0.15) is 18.0 Å². The van der Waals surface area contributed by atoms with Crippen molar-refractivity contribution in [1.29, 1.82) is 0 Å². The molecule has 0 unspecified atom stereocenters. The summed E-state index contributed by atoms with van der Waals surface area (Å²) in [6.07, 6.45) is 1.54. The van der Waals surface area contributed by atoms with E-state index in [0.29, 0.717) is 5.82 Å². The quantitative estimate of drug-likeness (QED) is 0.601. The number of hydrogen-bond acceptors (Lipinski definition) is 5.